The van der Waals surface area contributed by atoms with Gasteiger partial charge in [0, 0.05) is 16.7 Å². The average molecular weight is 326 g/mol. The van der Waals surface area contributed by atoms with Gasteiger partial charge in [-0.2, -0.15) is 5.10 Å². The summed E-state index contributed by atoms with van der Waals surface area (Å²) in [5.74, 6) is -0.200. The van der Waals surface area contributed by atoms with Gasteiger partial charge in [0.1, 0.15) is 5.82 Å². The molecule has 0 amide bonds. The number of hydrogen-bond acceptors (Lipinski definition) is 2. The minimum Gasteiger partial charge on any atom is -0.313 e. The number of benzene rings is 1. The van der Waals surface area contributed by atoms with Gasteiger partial charge in [-0.25, -0.2) is 4.39 Å². The highest BCUT2D eigenvalue weighted by Crippen LogP contribution is 2.17. The normalized spacial score (nSPS) is 10.9. The van der Waals surface area contributed by atoms with E-state index in [-0.39, 0.29) is 5.82 Å². The molecule has 0 radical (unpaired) electrons. The number of halogens is 2. The van der Waals surface area contributed by atoms with Crippen molar-refractivity contribution in [2.75, 3.05) is 6.54 Å². The summed E-state index contributed by atoms with van der Waals surface area (Å²) >= 11 is 3.42. The molecule has 19 heavy (non-hydrogen) atoms. The largest absolute Gasteiger partial charge is 0.313 e. The van der Waals surface area contributed by atoms with Crippen LogP contribution in [0, 0.1) is 12.7 Å². The summed E-state index contributed by atoms with van der Waals surface area (Å²) in [5, 5.41) is 10.3. The summed E-state index contributed by atoms with van der Waals surface area (Å²) in [6, 6.07) is 4.74. The van der Waals surface area contributed by atoms with Gasteiger partial charge in [-0.1, -0.05) is 15.9 Å². The molecule has 2 N–H and O–H groups in total. The zero-order valence-electron chi connectivity index (χ0n) is 10.8. The summed E-state index contributed by atoms with van der Waals surface area (Å²) in [4.78, 5) is 0. The van der Waals surface area contributed by atoms with Crippen LogP contribution in [0.1, 0.15) is 23.2 Å². The fraction of sp³-hybridized carbons (Fsp3) is 0.357. The Morgan fingerprint density at radius 2 is 2.21 bits per heavy atom. The van der Waals surface area contributed by atoms with Crippen molar-refractivity contribution in [2.24, 2.45) is 0 Å². The van der Waals surface area contributed by atoms with E-state index in [1.807, 2.05) is 13.1 Å². The number of aromatic amines is 1. The van der Waals surface area contributed by atoms with E-state index < -0.39 is 0 Å². The standard InChI is InChI=1S/C14H17BrFN3/c1-10-11(9-18-19-10)3-2-6-17-8-12-7-13(16)4-5-14(12)15/h4-5,7,9,17H,2-3,6,8H2,1H3,(H,18,19). The van der Waals surface area contributed by atoms with Gasteiger partial charge in [0.25, 0.3) is 0 Å². The molecule has 1 aromatic heterocycles. The number of aryl methyl sites for hydroxylation is 2. The van der Waals surface area contributed by atoms with E-state index in [1.165, 1.54) is 11.6 Å². The molecule has 0 fully saturated rings. The molecular formula is C14H17BrFN3. The first-order valence-corrected chi connectivity index (χ1v) is 7.09. The van der Waals surface area contributed by atoms with Crippen molar-refractivity contribution in [2.45, 2.75) is 26.3 Å². The van der Waals surface area contributed by atoms with E-state index in [0.29, 0.717) is 6.54 Å². The monoisotopic (exact) mass is 325 g/mol. The number of nitrogens with one attached hydrogen (secondary N) is 2. The summed E-state index contributed by atoms with van der Waals surface area (Å²) in [5.41, 5.74) is 3.33. The number of hydrogen-bond donors (Lipinski definition) is 2. The van der Waals surface area contributed by atoms with Crippen molar-refractivity contribution in [3.8, 4) is 0 Å². The molecule has 0 spiro atoms. The lowest BCUT2D eigenvalue weighted by Gasteiger charge is -2.07. The summed E-state index contributed by atoms with van der Waals surface area (Å²) in [6.07, 6.45) is 3.91. The number of nitrogens with zero attached hydrogens (tertiary/aromatic N) is 1. The zero-order chi connectivity index (χ0) is 13.7. The second-order valence-electron chi connectivity index (χ2n) is 4.54. The molecule has 0 atom stereocenters. The Hall–Kier alpha value is -1.20. The molecule has 5 heteroatoms. The maximum Gasteiger partial charge on any atom is 0.123 e. The smallest absolute Gasteiger partial charge is 0.123 e. The van der Waals surface area contributed by atoms with Crippen molar-refractivity contribution >= 4 is 15.9 Å². The first kappa shape index (κ1) is 14.2. The highest BCUT2D eigenvalue weighted by atomic mass is 79.9. The number of aromatic nitrogens is 2. The van der Waals surface area contributed by atoms with Gasteiger partial charge in [0.05, 0.1) is 6.20 Å². The van der Waals surface area contributed by atoms with Crippen LogP contribution in [0.15, 0.2) is 28.9 Å². The van der Waals surface area contributed by atoms with Gasteiger partial charge in [-0.05, 0) is 55.6 Å². The van der Waals surface area contributed by atoms with E-state index in [9.17, 15) is 4.39 Å². The first-order chi connectivity index (χ1) is 9.16. The third kappa shape index (κ3) is 4.14. The molecule has 2 aromatic rings. The molecule has 0 saturated heterocycles. The molecule has 102 valence electrons. The van der Waals surface area contributed by atoms with Crippen LogP contribution >= 0.6 is 15.9 Å². The minimum atomic E-state index is -0.200. The Labute approximate surface area is 120 Å². The topological polar surface area (TPSA) is 40.7 Å². The van der Waals surface area contributed by atoms with Crippen LogP contribution in [0.2, 0.25) is 0 Å². The van der Waals surface area contributed by atoms with E-state index in [2.05, 4.69) is 31.4 Å². The summed E-state index contributed by atoms with van der Waals surface area (Å²) < 4.78 is 14.0. The molecule has 0 aliphatic heterocycles. The summed E-state index contributed by atoms with van der Waals surface area (Å²) in [7, 11) is 0. The highest BCUT2D eigenvalue weighted by molar-refractivity contribution is 9.10. The van der Waals surface area contributed by atoms with Crippen LogP contribution in [-0.2, 0) is 13.0 Å². The molecule has 3 nitrogen and oxygen atoms in total. The molecule has 0 bridgehead atoms. The van der Waals surface area contributed by atoms with E-state index >= 15 is 0 Å². The molecule has 0 aliphatic carbocycles. The van der Waals surface area contributed by atoms with Crippen molar-refractivity contribution in [1.82, 2.24) is 15.5 Å². The van der Waals surface area contributed by atoms with Crippen molar-refractivity contribution < 1.29 is 4.39 Å². The average Bonchev–Trinajstić information content (AvgIpc) is 2.79. The lowest BCUT2D eigenvalue weighted by Crippen LogP contribution is -2.15. The van der Waals surface area contributed by atoms with Crippen molar-refractivity contribution in [1.29, 1.82) is 0 Å². The van der Waals surface area contributed by atoms with Crippen LogP contribution in [0.4, 0.5) is 4.39 Å². The quantitative estimate of drug-likeness (QED) is 0.800. The third-order valence-corrected chi connectivity index (χ3v) is 3.83. The third-order valence-electron chi connectivity index (χ3n) is 3.06. The van der Waals surface area contributed by atoms with Gasteiger partial charge in [0.2, 0.25) is 0 Å². The van der Waals surface area contributed by atoms with Crippen LogP contribution < -0.4 is 5.32 Å². The minimum absolute atomic E-state index is 0.200. The first-order valence-electron chi connectivity index (χ1n) is 6.30. The van der Waals surface area contributed by atoms with E-state index in [0.717, 1.165) is 35.1 Å². The molecular weight excluding hydrogens is 309 g/mol. The highest BCUT2D eigenvalue weighted by Gasteiger charge is 2.02. The van der Waals surface area contributed by atoms with Crippen LogP contribution in [0.3, 0.4) is 0 Å². The summed E-state index contributed by atoms with van der Waals surface area (Å²) in [6.45, 7) is 3.59. The fourth-order valence-corrected chi connectivity index (χ4v) is 2.32. The van der Waals surface area contributed by atoms with E-state index in [1.54, 1.807) is 12.1 Å². The van der Waals surface area contributed by atoms with Crippen LogP contribution in [0.5, 0.6) is 0 Å². The Balaban J connectivity index is 1.72. The molecule has 1 aromatic carbocycles. The number of rotatable bonds is 6. The Morgan fingerprint density at radius 3 is 2.95 bits per heavy atom. The second kappa shape index (κ2) is 6.82. The maximum atomic E-state index is 13.1. The predicted octanol–water partition coefficient (Wildman–Crippen LogP) is 3.34. The zero-order valence-corrected chi connectivity index (χ0v) is 12.4. The lowest BCUT2D eigenvalue weighted by molar-refractivity contribution is 0.614. The fourth-order valence-electron chi connectivity index (χ4n) is 1.93. The van der Waals surface area contributed by atoms with Crippen LogP contribution in [-0.4, -0.2) is 16.7 Å². The molecule has 1 heterocycles. The Kier molecular flexibility index (Phi) is 5.10. The van der Waals surface area contributed by atoms with Gasteiger partial charge in [-0.15, -0.1) is 0 Å². The van der Waals surface area contributed by atoms with Crippen molar-refractivity contribution in [3.05, 3.63) is 51.5 Å². The Morgan fingerprint density at radius 1 is 1.37 bits per heavy atom. The van der Waals surface area contributed by atoms with Gasteiger partial charge in [-0.3, -0.25) is 5.10 Å². The molecule has 0 aliphatic rings. The Bertz CT molecular complexity index is 539. The van der Waals surface area contributed by atoms with Gasteiger partial charge >= 0.3 is 0 Å². The van der Waals surface area contributed by atoms with Gasteiger partial charge < -0.3 is 5.32 Å². The van der Waals surface area contributed by atoms with E-state index in [4.69, 9.17) is 0 Å². The number of H-pyrrole nitrogens is 1. The molecule has 0 unspecified atom stereocenters. The van der Waals surface area contributed by atoms with Crippen molar-refractivity contribution in [3.63, 3.8) is 0 Å². The second-order valence-corrected chi connectivity index (χ2v) is 5.39. The lowest BCUT2D eigenvalue weighted by atomic mass is 10.1. The van der Waals surface area contributed by atoms with Gasteiger partial charge in [0.15, 0.2) is 0 Å². The van der Waals surface area contributed by atoms with Crippen LogP contribution in [0.25, 0.3) is 0 Å². The molecule has 2 rings (SSSR count). The SMILES string of the molecule is Cc1[nH]ncc1CCCNCc1cc(F)ccc1Br. The predicted molar refractivity (Wildman–Crippen MR) is 77.5 cm³/mol. The maximum absolute atomic E-state index is 13.1. The molecule has 0 saturated carbocycles.